The standard InChI is InChI=1S/C18H17ClN4O2/c1-12-21-17(22-23(12)16-8-3-2-7-15(16)19)18(25)20-10-9-13-5-4-6-14(24)11-13/h2-8,11,24H,9-10H2,1H3,(H,20,25). The molecule has 1 amide bonds. The Labute approximate surface area is 150 Å². The molecular formula is C18H17ClN4O2. The Hall–Kier alpha value is -2.86. The van der Waals surface area contributed by atoms with Crippen LogP contribution in [-0.2, 0) is 6.42 Å². The Morgan fingerprint density at radius 3 is 2.80 bits per heavy atom. The fourth-order valence-electron chi connectivity index (χ4n) is 2.45. The highest BCUT2D eigenvalue weighted by Gasteiger charge is 2.16. The number of para-hydroxylation sites is 1. The number of hydrogen-bond acceptors (Lipinski definition) is 4. The van der Waals surface area contributed by atoms with Crippen LogP contribution >= 0.6 is 11.6 Å². The molecule has 0 saturated carbocycles. The second kappa shape index (κ2) is 7.36. The quantitative estimate of drug-likeness (QED) is 0.736. The van der Waals surface area contributed by atoms with Crippen LogP contribution in [0.15, 0.2) is 48.5 Å². The Morgan fingerprint density at radius 2 is 2.04 bits per heavy atom. The number of hydrogen-bond donors (Lipinski definition) is 2. The third kappa shape index (κ3) is 3.97. The zero-order valence-corrected chi connectivity index (χ0v) is 14.4. The monoisotopic (exact) mass is 356 g/mol. The third-order valence-corrected chi connectivity index (χ3v) is 3.98. The summed E-state index contributed by atoms with van der Waals surface area (Å²) in [4.78, 5) is 16.5. The summed E-state index contributed by atoms with van der Waals surface area (Å²) in [6.07, 6.45) is 0.602. The largest absolute Gasteiger partial charge is 0.508 e. The maximum absolute atomic E-state index is 12.3. The van der Waals surface area contributed by atoms with Crippen LogP contribution in [0.1, 0.15) is 22.0 Å². The van der Waals surface area contributed by atoms with E-state index in [0.717, 1.165) is 5.56 Å². The van der Waals surface area contributed by atoms with E-state index in [1.807, 2.05) is 24.3 Å². The summed E-state index contributed by atoms with van der Waals surface area (Å²) in [6.45, 7) is 2.18. The number of halogens is 1. The molecule has 1 aromatic heterocycles. The van der Waals surface area contributed by atoms with Crippen molar-refractivity contribution in [3.63, 3.8) is 0 Å². The van der Waals surface area contributed by atoms with Crippen molar-refractivity contribution in [3.8, 4) is 11.4 Å². The van der Waals surface area contributed by atoms with Gasteiger partial charge in [0.15, 0.2) is 0 Å². The lowest BCUT2D eigenvalue weighted by molar-refractivity contribution is 0.0944. The third-order valence-electron chi connectivity index (χ3n) is 3.66. The van der Waals surface area contributed by atoms with Gasteiger partial charge in [-0.3, -0.25) is 4.79 Å². The summed E-state index contributed by atoms with van der Waals surface area (Å²) in [5, 5.41) is 17.0. The van der Waals surface area contributed by atoms with Crippen molar-refractivity contribution in [2.75, 3.05) is 6.54 Å². The number of aryl methyl sites for hydroxylation is 1. The molecule has 0 radical (unpaired) electrons. The summed E-state index contributed by atoms with van der Waals surface area (Å²) in [5.41, 5.74) is 1.61. The van der Waals surface area contributed by atoms with Gasteiger partial charge in [0.05, 0.1) is 10.7 Å². The summed E-state index contributed by atoms with van der Waals surface area (Å²) in [6, 6.07) is 14.2. The molecule has 2 N–H and O–H groups in total. The van der Waals surface area contributed by atoms with Crippen LogP contribution in [0.3, 0.4) is 0 Å². The average molecular weight is 357 g/mol. The van der Waals surface area contributed by atoms with Gasteiger partial charge in [-0.1, -0.05) is 35.9 Å². The summed E-state index contributed by atoms with van der Waals surface area (Å²) < 4.78 is 1.55. The molecule has 2 aromatic carbocycles. The van der Waals surface area contributed by atoms with Gasteiger partial charge >= 0.3 is 0 Å². The zero-order chi connectivity index (χ0) is 17.8. The number of carbonyl (C=O) groups is 1. The van der Waals surface area contributed by atoms with Gasteiger partial charge in [-0.25, -0.2) is 9.67 Å². The minimum atomic E-state index is -0.353. The first kappa shape index (κ1) is 17.0. The lowest BCUT2D eigenvalue weighted by Crippen LogP contribution is -2.26. The van der Waals surface area contributed by atoms with Gasteiger partial charge in [0.2, 0.25) is 5.82 Å². The second-order valence-electron chi connectivity index (χ2n) is 5.52. The highest BCUT2D eigenvalue weighted by Crippen LogP contribution is 2.20. The number of amides is 1. The summed E-state index contributed by atoms with van der Waals surface area (Å²) in [5.74, 6) is 0.521. The highest BCUT2D eigenvalue weighted by molar-refractivity contribution is 6.32. The van der Waals surface area contributed by atoms with Crippen molar-refractivity contribution in [3.05, 3.63) is 70.8 Å². The molecule has 0 aliphatic carbocycles. The normalized spacial score (nSPS) is 10.6. The molecule has 25 heavy (non-hydrogen) atoms. The van der Waals surface area contributed by atoms with E-state index in [9.17, 15) is 9.90 Å². The van der Waals surface area contributed by atoms with E-state index in [0.29, 0.717) is 29.5 Å². The smallest absolute Gasteiger partial charge is 0.290 e. The Balaban J connectivity index is 1.67. The number of aromatic hydroxyl groups is 1. The van der Waals surface area contributed by atoms with Crippen molar-refractivity contribution < 1.29 is 9.90 Å². The topological polar surface area (TPSA) is 80.0 Å². The molecule has 0 unspecified atom stereocenters. The van der Waals surface area contributed by atoms with Crippen molar-refractivity contribution in [1.82, 2.24) is 20.1 Å². The van der Waals surface area contributed by atoms with Crippen LogP contribution < -0.4 is 5.32 Å². The zero-order valence-electron chi connectivity index (χ0n) is 13.6. The van der Waals surface area contributed by atoms with E-state index in [2.05, 4.69) is 15.4 Å². The molecule has 1 heterocycles. The predicted octanol–water partition coefficient (Wildman–Crippen LogP) is 2.91. The fourth-order valence-corrected chi connectivity index (χ4v) is 2.67. The van der Waals surface area contributed by atoms with Crippen LogP contribution in [0.5, 0.6) is 5.75 Å². The van der Waals surface area contributed by atoms with Crippen molar-refractivity contribution >= 4 is 17.5 Å². The number of phenolic OH excluding ortho intramolecular Hbond substituents is 1. The number of nitrogens with one attached hydrogen (secondary N) is 1. The number of nitrogens with zero attached hydrogens (tertiary/aromatic N) is 3. The molecule has 0 aliphatic rings. The maximum atomic E-state index is 12.3. The molecule has 0 fully saturated rings. The summed E-state index contributed by atoms with van der Waals surface area (Å²) in [7, 11) is 0. The SMILES string of the molecule is Cc1nc(C(=O)NCCc2cccc(O)c2)nn1-c1ccccc1Cl. The number of phenols is 1. The van der Waals surface area contributed by atoms with Crippen molar-refractivity contribution in [2.45, 2.75) is 13.3 Å². The molecule has 0 saturated heterocycles. The molecule has 7 heteroatoms. The number of rotatable bonds is 5. The number of benzene rings is 2. The van der Waals surface area contributed by atoms with Gasteiger partial charge in [-0.15, -0.1) is 5.10 Å². The molecule has 0 atom stereocenters. The van der Waals surface area contributed by atoms with Gasteiger partial charge in [-0.2, -0.15) is 0 Å². The van der Waals surface area contributed by atoms with Crippen LogP contribution in [-0.4, -0.2) is 32.3 Å². The van der Waals surface area contributed by atoms with E-state index in [1.165, 1.54) is 0 Å². The van der Waals surface area contributed by atoms with Crippen molar-refractivity contribution in [1.29, 1.82) is 0 Å². The summed E-state index contributed by atoms with van der Waals surface area (Å²) >= 11 is 6.17. The molecule has 3 rings (SSSR count). The van der Waals surface area contributed by atoms with Crippen LogP contribution in [0, 0.1) is 6.92 Å². The first-order valence-electron chi connectivity index (χ1n) is 7.79. The molecular weight excluding hydrogens is 340 g/mol. The molecule has 128 valence electrons. The Kier molecular flexibility index (Phi) is 5.00. The number of carbonyl (C=O) groups excluding carboxylic acids is 1. The lowest BCUT2D eigenvalue weighted by atomic mass is 10.1. The first-order chi connectivity index (χ1) is 12.0. The second-order valence-corrected chi connectivity index (χ2v) is 5.93. The average Bonchev–Trinajstić information content (AvgIpc) is 2.97. The van der Waals surface area contributed by atoms with E-state index >= 15 is 0 Å². The van der Waals surface area contributed by atoms with Crippen LogP contribution in [0.2, 0.25) is 5.02 Å². The van der Waals surface area contributed by atoms with E-state index in [1.54, 1.807) is 35.9 Å². The van der Waals surface area contributed by atoms with Crippen LogP contribution in [0.25, 0.3) is 5.69 Å². The first-order valence-corrected chi connectivity index (χ1v) is 8.17. The molecule has 0 aliphatic heterocycles. The fraction of sp³-hybridized carbons (Fsp3) is 0.167. The molecule has 3 aromatic rings. The lowest BCUT2D eigenvalue weighted by Gasteiger charge is -2.05. The predicted molar refractivity (Wildman–Crippen MR) is 95.3 cm³/mol. The van der Waals surface area contributed by atoms with Gasteiger partial charge in [0, 0.05) is 6.54 Å². The maximum Gasteiger partial charge on any atom is 0.290 e. The molecule has 0 bridgehead atoms. The van der Waals surface area contributed by atoms with E-state index < -0.39 is 0 Å². The van der Waals surface area contributed by atoms with Gasteiger partial charge < -0.3 is 10.4 Å². The Bertz CT molecular complexity index is 908. The van der Waals surface area contributed by atoms with E-state index in [-0.39, 0.29) is 17.5 Å². The van der Waals surface area contributed by atoms with Crippen molar-refractivity contribution in [2.24, 2.45) is 0 Å². The molecule has 0 spiro atoms. The minimum Gasteiger partial charge on any atom is -0.508 e. The molecule has 6 nitrogen and oxygen atoms in total. The minimum absolute atomic E-state index is 0.0910. The van der Waals surface area contributed by atoms with E-state index in [4.69, 9.17) is 11.6 Å². The van der Waals surface area contributed by atoms with Gasteiger partial charge in [0.25, 0.3) is 5.91 Å². The van der Waals surface area contributed by atoms with Crippen LogP contribution in [0.4, 0.5) is 0 Å². The van der Waals surface area contributed by atoms with Gasteiger partial charge in [-0.05, 0) is 43.2 Å². The van der Waals surface area contributed by atoms with Gasteiger partial charge in [0.1, 0.15) is 11.6 Å². The Morgan fingerprint density at radius 1 is 1.24 bits per heavy atom. The number of aromatic nitrogens is 3. The highest BCUT2D eigenvalue weighted by atomic mass is 35.5.